The highest BCUT2D eigenvalue weighted by atomic mass is 35.5. The predicted octanol–water partition coefficient (Wildman–Crippen LogP) is 3.03. The summed E-state index contributed by atoms with van der Waals surface area (Å²) in [6, 6.07) is 0.233. The van der Waals surface area contributed by atoms with Crippen LogP contribution in [0, 0.1) is 10.8 Å². The molecule has 2 aliphatic rings. The highest BCUT2D eigenvalue weighted by Gasteiger charge is 2.34. The van der Waals surface area contributed by atoms with E-state index in [0.29, 0.717) is 12.5 Å². The van der Waals surface area contributed by atoms with Crippen LogP contribution in [-0.4, -0.2) is 30.5 Å². The molecule has 0 amide bonds. The highest BCUT2D eigenvalue weighted by Crippen LogP contribution is 2.33. The third-order valence-corrected chi connectivity index (χ3v) is 5.89. The number of nitrogens with one attached hydrogen (secondary N) is 3. The second-order valence-corrected chi connectivity index (χ2v) is 8.96. The van der Waals surface area contributed by atoms with Crippen LogP contribution in [0.1, 0.15) is 54.4 Å². The molecule has 146 valence electrons. The Hall–Kier alpha value is -1.69. The van der Waals surface area contributed by atoms with Gasteiger partial charge in [0.15, 0.2) is 11.9 Å². The van der Waals surface area contributed by atoms with Crippen molar-refractivity contribution in [3.63, 3.8) is 0 Å². The van der Waals surface area contributed by atoms with E-state index in [4.69, 9.17) is 22.3 Å². The summed E-state index contributed by atoms with van der Waals surface area (Å²) in [5.74, 6) is 1.25. The van der Waals surface area contributed by atoms with Crippen molar-refractivity contribution < 1.29 is 0 Å². The first-order valence-electron chi connectivity index (χ1n) is 9.26. The van der Waals surface area contributed by atoms with E-state index in [1.807, 2.05) is 12.4 Å². The summed E-state index contributed by atoms with van der Waals surface area (Å²) in [4.78, 5) is 8.85. The van der Waals surface area contributed by atoms with E-state index in [1.54, 1.807) is 0 Å². The van der Waals surface area contributed by atoms with Crippen LogP contribution in [-0.2, 0) is 0 Å². The molecule has 0 aromatic carbocycles. The quantitative estimate of drug-likeness (QED) is 0.570. The summed E-state index contributed by atoms with van der Waals surface area (Å²) in [5.41, 5.74) is 7.08. The molecule has 2 unspecified atom stereocenters. The molecular formula is C19H33ClN6. The number of nitrogens with two attached hydrogens (primary N) is 1. The lowest BCUT2D eigenvalue weighted by Crippen LogP contribution is -2.52. The molecule has 26 heavy (non-hydrogen) atoms. The lowest BCUT2D eigenvalue weighted by molar-refractivity contribution is 0.272. The van der Waals surface area contributed by atoms with Crippen molar-refractivity contribution >= 4 is 23.5 Å². The minimum atomic E-state index is -0.00452. The standard InChI is InChI=1S/C19H33ClN6/c1-7-18(3,4)15-13(20)11-24-17(26-15)22-9-8-19(5,6)14-12(2)10-23-16(21)25-14/h10-11,14-15H,7-9H2,1-6H3,(H3,21,23,25)(H2,22,24,26). The van der Waals surface area contributed by atoms with Crippen molar-refractivity contribution in [2.45, 2.75) is 66.5 Å². The summed E-state index contributed by atoms with van der Waals surface area (Å²) in [6.45, 7) is 13.8. The van der Waals surface area contributed by atoms with E-state index in [0.717, 1.165) is 23.8 Å². The second kappa shape index (κ2) is 7.91. The van der Waals surface area contributed by atoms with Crippen LogP contribution in [0.5, 0.6) is 0 Å². The first kappa shape index (κ1) is 20.6. The summed E-state index contributed by atoms with van der Waals surface area (Å²) in [5, 5.41) is 10.7. The van der Waals surface area contributed by atoms with Crippen molar-refractivity contribution in [3.05, 3.63) is 23.0 Å². The second-order valence-electron chi connectivity index (χ2n) is 8.53. The number of rotatable bonds is 6. The van der Waals surface area contributed by atoms with Gasteiger partial charge in [-0.2, -0.15) is 0 Å². The molecule has 2 heterocycles. The van der Waals surface area contributed by atoms with Crippen LogP contribution in [0.25, 0.3) is 0 Å². The van der Waals surface area contributed by atoms with Crippen LogP contribution < -0.4 is 21.7 Å². The van der Waals surface area contributed by atoms with E-state index in [-0.39, 0.29) is 22.9 Å². The zero-order chi connectivity index (χ0) is 19.5. The maximum Gasteiger partial charge on any atom is 0.195 e. The number of hydrogen-bond donors (Lipinski definition) is 4. The zero-order valence-electron chi connectivity index (χ0n) is 16.8. The molecule has 7 heteroatoms. The Bertz CT molecular complexity index is 644. The average Bonchev–Trinajstić information content (AvgIpc) is 2.58. The fourth-order valence-electron chi connectivity index (χ4n) is 3.29. The van der Waals surface area contributed by atoms with Crippen molar-refractivity contribution in [1.29, 1.82) is 0 Å². The maximum atomic E-state index is 6.39. The number of nitrogens with zero attached hydrogens (tertiary/aromatic N) is 2. The van der Waals surface area contributed by atoms with Crippen molar-refractivity contribution in [2.24, 2.45) is 26.5 Å². The summed E-state index contributed by atoms with van der Waals surface area (Å²) in [7, 11) is 0. The van der Waals surface area contributed by atoms with Gasteiger partial charge in [-0.1, -0.05) is 46.2 Å². The first-order chi connectivity index (χ1) is 12.1. The molecule has 0 bridgehead atoms. The molecule has 0 saturated carbocycles. The highest BCUT2D eigenvalue weighted by molar-refractivity contribution is 6.30. The third kappa shape index (κ3) is 4.72. The largest absolute Gasteiger partial charge is 0.370 e. The number of halogens is 1. The van der Waals surface area contributed by atoms with Crippen molar-refractivity contribution in [3.8, 4) is 0 Å². The molecule has 2 rings (SSSR count). The minimum Gasteiger partial charge on any atom is -0.370 e. The summed E-state index contributed by atoms with van der Waals surface area (Å²) >= 11 is 6.39. The summed E-state index contributed by atoms with van der Waals surface area (Å²) < 4.78 is 0. The Morgan fingerprint density at radius 1 is 1.19 bits per heavy atom. The van der Waals surface area contributed by atoms with Gasteiger partial charge in [0.05, 0.1) is 17.1 Å². The van der Waals surface area contributed by atoms with Gasteiger partial charge in [0.1, 0.15) is 0 Å². The smallest absolute Gasteiger partial charge is 0.195 e. The predicted molar refractivity (Wildman–Crippen MR) is 111 cm³/mol. The molecule has 2 atom stereocenters. The zero-order valence-corrected chi connectivity index (χ0v) is 17.5. The Balaban J connectivity index is 2.00. The van der Waals surface area contributed by atoms with Gasteiger partial charge in [0.25, 0.3) is 0 Å². The monoisotopic (exact) mass is 380 g/mol. The van der Waals surface area contributed by atoms with Crippen LogP contribution in [0.2, 0.25) is 0 Å². The van der Waals surface area contributed by atoms with E-state index >= 15 is 0 Å². The van der Waals surface area contributed by atoms with Crippen molar-refractivity contribution in [2.75, 3.05) is 6.54 Å². The van der Waals surface area contributed by atoms with E-state index in [1.165, 1.54) is 5.57 Å². The van der Waals surface area contributed by atoms with Crippen molar-refractivity contribution in [1.82, 2.24) is 16.0 Å². The van der Waals surface area contributed by atoms with Crippen LogP contribution in [0.15, 0.2) is 33.0 Å². The Kier molecular flexibility index (Phi) is 6.27. The normalized spacial score (nSPS) is 25.5. The topological polar surface area (TPSA) is 86.8 Å². The van der Waals surface area contributed by atoms with E-state index < -0.39 is 0 Å². The molecule has 2 aliphatic heterocycles. The Morgan fingerprint density at radius 2 is 1.88 bits per heavy atom. The SMILES string of the molecule is CCC(C)(C)C1NC(=NCCC(C)(C)C2NC(N)=NC=C2C)NC=C1Cl. The van der Waals surface area contributed by atoms with Crippen LogP contribution >= 0.6 is 11.6 Å². The van der Waals surface area contributed by atoms with Gasteiger partial charge in [-0.15, -0.1) is 0 Å². The van der Waals surface area contributed by atoms with Crippen LogP contribution in [0.4, 0.5) is 0 Å². The molecule has 0 saturated heterocycles. The Morgan fingerprint density at radius 3 is 2.54 bits per heavy atom. The van der Waals surface area contributed by atoms with Gasteiger partial charge in [0, 0.05) is 18.9 Å². The summed E-state index contributed by atoms with van der Waals surface area (Å²) in [6.07, 6.45) is 5.63. The molecule has 0 aromatic heterocycles. The van der Waals surface area contributed by atoms with Gasteiger partial charge in [-0.25, -0.2) is 4.99 Å². The van der Waals surface area contributed by atoms with Gasteiger partial charge in [0.2, 0.25) is 0 Å². The molecular weight excluding hydrogens is 348 g/mol. The maximum absolute atomic E-state index is 6.39. The number of hydrogen-bond acceptors (Lipinski definition) is 4. The minimum absolute atomic E-state index is 0.00452. The van der Waals surface area contributed by atoms with Gasteiger partial charge in [-0.3, -0.25) is 4.99 Å². The molecule has 0 aliphatic carbocycles. The lowest BCUT2D eigenvalue weighted by atomic mass is 9.78. The van der Waals surface area contributed by atoms with Crippen LogP contribution in [0.3, 0.4) is 0 Å². The molecule has 6 nitrogen and oxygen atoms in total. The van der Waals surface area contributed by atoms with Gasteiger partial charge < -0.3 is 21.7 Å². The fraction of sp³-hybridized carbons (Fsp3) is 0.684. The lowest BCUT2D eigenvalue weighted by Gasteiger charge is -2.38. The molecule has 0 radical (unpaired) electrons. The first-order valence-corrected chi connectivity index (χ1v) is 9.64. The molecule has 0 aromatic rings. The molecule has 0 spiro atoms. The third-order valence-electron chi connectivity index (χ3n) is 5.56. The average molecular weight is 381 g/mol. The molecule has 5 N–H and O–H groups in total. The van der Waals surface area contributed by atoms with E-state index in [2.05, 4.69) is 62.5 Å². The Labute approximate surface area is 162 Å². The molecule has 0 fully saturated rings. The fourth-order valence-corrected chi connectivity index (χ4v) is 3.69. The van der Waals surface area contributed by atoms with Gasteiger partial charge in [-0.05, 0) is 36.2 Å². The number of aliphatic imine (C=N–C) groups is 2. The van der Waals surface area contributed by atoms with E-state index in [9.17, 15) is 0 Å². The van der Waals surface area contributed by atoms with Gasteiger partial charge >= 0.3 is 0 Å². The number of guanidine groups is 2.